The fourth-order valence-corrected chi connectivity index (χ4v) is 4.02. The minimum Gasteiger partial charge on any atom is -0.481 e. The summed E-state index contributed by atoms with van der Waals surface area (Å²) in [5.74, 6) is -1.36. The molecule has 2 aliphatic rings. The Morgan fingerprint density at radius 3 is 2.59 bits per heavy atom. The lowest BCUT2D eigenvalue weighted by Gasteiger charge is -2.33. The molecule has 0 saturated carbocycles. The van der Waals surface area contributed by atoms with Gasteiger partial charge in [0, 0.05) is 37.8 Å². The van der Waals surface area contributed by atoms with E-state index in [-0.39, 0.29) is 23.7 Å². The molecule has 0 aliphatic carbocycles. The maximum atomic E-state index is 12.8. The lowest BCUT2D eigenvalue weighted by Crippen LogP contribution is -2.42. The number of amides is 1. The minimum absolute atomic E-state index is 0.0678. The van der Waals surface area contributed by atoms with Crippen LogP contribution in [0.25, 0.3) is 0 Å². The van der Waals surface area contributed by atoms with Crippen LogP contribution in [-0.4, -0.2) is 53.0 Å². The standard InChI is InChI=1S/C19H25N3O5/c1-13-4-2-8-20(11-13)16-7-6-14(10-17(16)22(26)27)18(23)21-9-3-5-15(12-21)19(24)25/h6-7,10,13,15H,2-5,8-9,11-12H2,1H3,(H,24,25)/t13-,15+/m1/s1. The summed E-state index contributed by atoms with van der Waals surface area (Å²) in [6, 6.07) is 4.61. The zero-order valence-corrected chi connectivity index (χ0v) is 15.5. The second kappa shape index (κ2) is 7.94. The molecule has 27 heavy (non-hydrogen) atoms. The summed E-state index contributed by atoms with van der Waals surface area (Å²) in [6.07, 6.45) is 3.27. The molecule has 0 spiro atoms. The third kappa shape index (κ3) is 4.20. The molecule has 0 radical (unpaired) electrons. The number of aliphatic carboxylic acids is 1. The number of anilines is 1. The SMILES string of the molecule is C[C@@H]1CCCN(c2ccc(C(=O)N3CCC[C@H](C(=O)O)C3)cc2[N+](=O)[O-])C1. The van der Waals surface area contributed by atoms with Crippen LogP contribution >= 0.6 is 0 Å². The summed E-state index contributed by atoms with van der Waals surface area (Å²) < 4.78 is 0. The lowest BCUT2D eigenvalue weighted by atomic mass is 9.97. The maximum Gasteiger partial charge on any atom is 0.308 e. The van der Waals surface area contributed by atoms with Crippen molar-refractivity contribution in [1.82, 2.24) is 4.90 Å². The van der Waals surface area contributed by atoms with Gasteiger partial charge in [-0.15, -0.1) is 0 Å². The van der Waals surface area contributed by atoms with E-state index in [0.29, 0.717) is 31.0 Å². The van der Waals surface area contributed by atoms with Crippen LogP contribution in [0.3, 0.4) is 0 Å². The highest BCUT2D eigenvalue weighted by Gasteiger charge is 2.30. The zero-order chi connectivity index (χ0) is 19.6. The van der Waals surface area contributed by atoms with Crippen LogP contribution in [0, 0.1) is 22.0 Å². The van der Waals surface area contributed by atoms with E-state index in [9.17, 15) is 24.8 Å². The van der Waals surface area contributed by atoms with E-state index in [4.69, 9.17) is 0 Å². The summed E-state index contributed by atoms with van der Waals surface area (Å²) in [4.78, 5) is 38.7. The van der Waals surface area contributed by atoms with Gasteiger partial charge in [0.25, 0.3) is 11.6 Å². The van der Waals surface area contributed by atoms with Gasteiger partial charge in [-0.05, 0) is 43.7 Å². The first-order chi connectivity index (χ1) is 12.9. The van der Waals surface area contributed by atoms with Gasteiger partial charge < -0.3 is 14.9 Å². The molecule has 1 amide bonds. The third-order valence-corrected chi connectivity index (χ3v) is 5.47. The first-order valence-corrected chi connectivity index (χ1v) is 9.42. The van der Waals surface area contributed by atoms with Gasteiger partial charge in [0.2, 0.25) is 0 Å². The summed E-state index contributed by atoms with van der Waals surface area (Å²) in [7, 11) is 0. The summed E-state index contributed by atoms with van der Waals surface area (Å²) in [5, 5.41) is 20.8. The number of carboxylic acids is 1. The van der Waals surface area contributed by atoms with Crippen molar-refractivity contribution in [2.75, 3.05) is 31.1 Å². The highest BCUT2D eigenvalue weighted by atomic mass is 16.6. The Bertz CT molecular complexity index is 751. The van der Waals surface area contributed by atoms with Crippen molar-refractivity contribution >= 4 is 23.3 Å². The van der Waals surface area contributed by atoms with Crippen molar-refractivity contribution in [2.24, 2.45) is 11.8 Å². The van der Waals surface area contributed by atoms with Crippen LogP contribution < -0.4 is 4.90 Å². The number of carbonyl (C=O) groups excluding carboxylic acids is 1. The van der Waals surface area contributed by atoms with Crippen molar-refractivity contribution in [3.8, 4) is 0 Å². The average Bonchev–Trinajstić information content (AvgIpc) is 2.67. The van der Waals surface area contributed by atoms with E-state index >= 15 is 0 Å². The number of nitro benzene ring substituents is 1. The molecule has 2 atom stereocenters. The predicted octanol–water partition coefficient (Wildman–Crippen LogP) is 2.77. The molecule has 3 rings (SSSR count). The zero-order valence-electron chi connectivity index (χ0n) is 15.5. The molecule has 8 nitrogen and oxygen atoms in total. The van der Waals surface area contributed by atoms with Crippen LogP contribution in [0.2, 0.25) is 0 Å². The first kappa shape index (κ1) is 19.1. The number of benzene rings is 1. The van der Waals surface area contributed by atoms with Gasteiger partial charge in [-0.2, -0.15) is 0 Å². The number of hydrogen-bond donors (Lipinski definition) is 1. The Morgan fingerprint density at radius 2 is 1.93 bits per heavy atom. The van der Waals surface area contributed by atoms with Crippen molar-refractivity contribution < 1.29 is 19.6 Å². The van der Waals surface area contributed by atoms with E-state index in [2.05, 4.69) is 6.92 Å². The van der Waals surface area contributed by atoms with E-state index in [1.807, 2.05) is 4.90 Å². The predicted molar refractivity (Wildman–Crippen MR) is 100.0 cm³/mol. The normalized spacial score (nSPS) is 23.1. The molecule has 0 unspecified atom stereocenters. The van der Waals surface area contributed by atoms with Crippen LogP contribution in [0.4, 0.5) is 11.4 Å². The van der Waals surface area contributed by atoms with E-state index in [1.54, 1.807) is 12.1 Å². The highest BCUT2D eigenvalue weighted by molar-refractivity contribution is 5.96. The largest absolute Gasteiger partial charge is 0.481 e. The van der Waals surface area contributed by atoms with Gasteiger partial charge in [-0.25, -0.2) is 0 Å². The molecule has 1 aromatic rings. The van der Waals surface area contributed by atoms with Crippen molar-refractivity contribution in [3.63, 3.8) is 0 Å². The number of carbonyl (C=O) groups is 2. The molecule has 2 aliphatic heterocycles. The number of piperidine rings is 2. The number of hydrogen-bond acceptors (Lipinski definition) is 5. The molecule has 1 N–H and O–H groups in total. The van der Waals surface area contributed by atoms with Crippen molar-refractivity contribution in [3.05, 3.63) is 33.9 Å². The van der Waals surface area contributed by atoms with Crippen LogP contribution in [-0.2, 0) is 4.79 Å². The quantitative estimate of drug-likeness (QED) is 0.641. The molecule has 0 bridgehead atoms. The molecule has 2 saturated heterocycles. The summed E-state index contributed by atoms with van der Waals surface area (Å²) in [6.45, 7) is 4.28. The summed E-state index contributed by atoms with van der Waals surface area (Å²) in [5.41, 5.74) is 0.716. The summed E-state index contributed by atoms with van der Waals surface area (Å²) >= 11 is 0. The topological polar surface area (TPSA) is 104 Å². The van der Waals surface area contributed by atoms with Gasteiger partial charge in [0.05, 0.1) is 10.8 Å². The third-order valence-electron chi connectivity index (χ3n) is 5.47. The fourth-order valence-electron chi connectivity index (χ4n) is 4.02. The monoisotopic (exact) mass is 375 g/mol. The number of carboxylic acid groups (broad SMARTS) is 1. The Kier molecular flexibility index (Phi) is 5.62. The van der Waals surface area contributed by atoms with Gasteiger partial charge in [0.1, 0.15) is 5.69 Å². The lowest BCUT2D eigenvalue weighted by molar-refractivity contribution is -0.384. The first-order valence-electron chi connectivity index (χ1n) is 9.42. The van der Waals surface area contributed by atoms with E-state index in [0.717, 1.165) is 25.9 Å². The molecule has 2 heterocycles. The van der Waals surface area contributed by atoms with Crippen molar-refractivity contribution in [2.45, 2.75) is 32.6 Å². The molecule has 1 aromatic carbocycles. The van der Waals surface area contributed by atoms with Gasteiger partial charge in [-0.1, -0.05) is 6.92 Å². The van der Waals surface area contributed by atoms with E-state index < -0.39 is 16.8 Å². The Hall–Kier alpha value is -2.64. The van der Waals surface area contributed by atoms with Crippen LogP contribution in [0.1, 0.15) is 43.0 Å². The number of rotatable bonds is 4. The van der Waals surface area contributed by atoms with Crippen LogP contribution in [0.5, 0.6) is 0 Å². The number of nitrogens with zero attached hydrogens (tertiary/aromatic N) is 3. The maximum absolute atomic E-state index is 12.8. The highest BCUT2D eigenvalue weighted by Crippen LogP contribution is 2.33. The smallest absolute Gasteiger partial charge is 0.308 e. The number of likely N-dealkylation sites (tertiary alicyclic amines) is 1. The molecule has 0 aromatic heterocycles. The Labute approximate surface area is 157 Å². The van der Waals surface area contributed by atoms with Crippen molar-refractivity contribution in [1.29, 1.82) is 0 Å². The van der Waals surface area contributed by atoms with Gasteiger partial charge in [-0.3, -0.25) is 19.7 Å². The fraction of sp³-hybridized carbons (Fsp3) is 0.579. The van der Waals surface area contributed by atoms with E-state index in [1.165, 1.54) is 11.0 Å². The molecular weight excluding hydrogens is 350 g/mol. The Balaban J connectivity index is 1.84. The molecule has 146 valence electrons. The van der Waals surface area contributed by atoms with Crippen LogP contribution in [0.15, 0.2) is 18.2 Å². The van der Waals surface area contributed by atoms with Gasteiger partial charge in [0.15, 0.2) is 0 Å². The molecular formula is C19H25N3O5. The second-order valence-corrected chi connectivity index (χ2v) is 7.58. The molecule has 2 fully saturated rings. The number of nitro groups is 1. The minimum atomic E-state index is -0.909. The second-order valence-electron chi connectivity index (χ2n) is 7.58. The van der Waals surface area contributed by atoms with Gasteiger partial charge >= 0.3 is 5.97 Å². The molecule has 8 heteroatoms. The Morgan fingerprint density at radius 1 is 1.19 bits per heavy atom. The average molecular weight is 375 g/mol.